The second-order valence-corrected chi connectivity index (χ2v) is 4.23. The van der Waals surface area contributed by atoms with E-state index >= 15 is 0 Å². The second-order valence-electron chi connectivity index (χ2n) is 4.23. The first-order valence-corrected chi connectivity index (χ1v) is 6.46. The largest absolute Gasteiger partial charge is 0.497 e. The molecule has 1 aromatic rings. The van der Waals surface area contributed by atoms with Gasteiger partial charge in [0.25, 0.3) is 0 Å². The number of hydrogen-bond acceptors (Lipinski definition) is 4. The van der Waals surface area contributed by atoms with E-state index in [-0.39, 0.29) is 12.3 Å². The van der Waals surface area contributed by atoms with Gasteiger partial charge >= 0.3 is 5.97 Å². The SMILES string of the molecule is COc1ccc(OC)c(C=CC(=O)NCCCC(=O)O)c1. The molecular weight excluding hydrogens is 274 g/mol. The molecule has 0 bridgehead atoms. The van der Waals surface area contributed by atoms with E-state index in [1.54, 1.807) is 38.5 Å². The van der Waals surface area contributed by atoms with Crippen LogP contribution in [0.3, 0.4) is 0 Å². The summed E-state index contributed by atoms with van der Waals surface area (Å²) in [7, 11) is 3.11. The molecule has 6 nitrogen and oxygen atoms in total. The highest BCUT2D eigenvalue weighted by molar-refractivity contribution is 5.92. The average molecular weight is 293 g/mol. The third-order valence-electron chi connectivity index (χ3n) is 2.72. The van der Waals surface area contributed by atoms with Crippen LogP contribution in [0.2, 0.25) is 0 Å². The number of nitrogens with one attached hydrogen (secondary N) is 1. The summed E-state index contributed by atoms with van der Waals surface area (Å²) in [5.74, 6) is 0.134. The lowest BCUT2D eigenvalue weighted by Crippen LogP contribution is -2.22. The van der Waals surface area contributed by atoms with Crippen molar-refractivity contribution >= 4 is 18.0 Å². The van der Waals surface area contributed by atoms with Crippen LogP contribution in [-0.4, -0.2) is 37.7 Å². The molecule has 6 heteroatoms. The molecule has 0 aliphatic heterocycles. The van der Waals surface area contributed by atoms with Crippen molar-refractivity contribution in [1.29, 1.82) is 0 Å². The molecule has 0 aliphatic rings. The van der Waals surface area contributed by atoms with E-state index in [0.29, 0.717) is 24.5 Å². The molecule has 0 atom stereocenters. The fraction of sp³-hybridized carbons (Fsp3) is 0.333. The molecular formula is C15H19NO5. The number of rotatable bonds is 8. The lowest BCUT2D eigenvalue weighted by Gasteiger charge is -2.07. The highest BCUT2D eigenvalue weighted by atomic mass is 16.5. The molecule has 0 heterocycles. The van der Waals surface area contributed by atoms with E-state index < -0.39 is 5.97 Å². The first kappa shape index (κ1) is 16.6. The normalized spacial score (nSPS) is 10.4. The molecule has 0 saturated carbocycles. The van der Waals surface area contributed by atoms with Crippen molar-refractivity contribution in [2.75, 3.05) is 20.8 Å². The van der Waals surface area contributed by atoms with Gasteiger partial charge in [-0.1, -0.05) is 0 Å². The molecule has 0 fully saturated rings. The summed E-state index contributed by atoms with van der Waals surface area (Å²) < 4.78 is 10.3. The van der Waals surface area contributed by atoms with Gasteiger partial charge in [-0.15, -0.1) is 0 Å². The van der Waals surface area contributed by atoms with Crippen molar-refractivity contribution in [3.05, 3.63) is 29.8 Å². The summed E-state index contributed by atoms with van der Waals surface area (Å²) in [5, 5.41) is 11.1. The molecule has 1 rings (SSSR count). The molecule has 0 radical (unpaired) electrons. The molecule has 0 unspecified atom stereocenters. The van der Waals surface area contributed by atoms with Crippen molar-refractivity contribution in [3.63, 3.8) is 0 Å². The zero-order valence-electron chi connectivity index (χ0n) is 12.1. The Labute approximate surface area is 123 Å². The molecule has 21 heavy (non-hydrogen) atoms. The lowest BCUT2D eigenvalue weighted by atomic mass is 10.1. The van der Waals surface area contributed by atoms with E-state index in [1.165, 1.54) is 6.08 Å². The minimum atomic E-state index is -0.874. The predicted molar refractivity (Wildman–Crippen MR) is 78.5 cm³/mol. The molecule has 2 N–H and O–H groups in total. The van der Waals surface area contributed by atoms with E-state index in [4.69, 9.17) is 14.6 Å². The number of amides is 1. The van der Waals surface area contributed by atoms with Gasteiger partial charge in [-0.05, 0) is 30.7 Å². The number of benzene rings is 1. The van der Waals surface area contributed by atoms with Crippen LogP contribution in [0, 0.1) is 0 Å². The summed E-state index contributed by atoms with van der Waals surface area (Å²) >= 11 is 0. The van der Waals surface area contributed by atoms with Crippen LogP contribution in [0.25, 0.3) is 6.08 Å². The number of carboxylic acid groups (broad SMARTS) is 1. The van der Waals surface area contributed by atoms with Gasteiger partial charge in [0.15, 0.2) is 0 Å². The maximum atomic E-state index is 11.6. The Bertz CT molecular complexity index is 525. The number of methoxy groups -OCH3 is 2. The van der Waals surface area contributed by atoms with Gasteiger partial charge in [-0.3, -0.25) is 9.59 Å². The zero-order valence-corrected chi connectivity index (χ0v) is 12.1. The summed E-state index contributed by atoms with van der Waals surface area (Å²) in [5.41, 5.74) is 0.720. The van der Waals surface area contributed by atoms with Gasteiger partial charge in [0.05, 0.1) is 14.2 Å². The molecule has 114 valence electrons. The molecule has 0 spiro atoms. The van der Waals surface area contributed by atoms with Crippen LogP contribution < -0.4 is 14.8 Å². The molecule has 0 aromatic heterocycles. The van der Waals surface area contributed by atoms with Gasteiger partial charge < -0.3 is 19.9 Å². The minimum absolute atomic E-state index is 0.0354. The second kappa shape index (κ2) is 8.63. The smallest absolute Gasteiger partial charge is 0.303 e. The van der Waals surface area contributed by atoms with Crippen LogP contribution in [-0.2, 0) is 9.59 Å². The number of aliphatic carboxylic acids is 1. The summed E-state index contributed by atoms with van der Waals surface area (Å²) in [6.07, 6.45) is 3.43. The quantitative estimate of drug-likeness (QED) is 0.563. The zero-order chi connectivity index (χ0) is 15.7. The van der Waals surface area contributed by atoms with Crippen molar-refractivity contribution in [2.45, 2.75) is 12.8 Å². The number of hydrogen-bond donors (Lipinski definition) is 2. The van der Waals surface area contributed by atoms with Gasteiger partial charge in [0.2, 0.25) is 5.91 Å². The first-order valence-electron chi connectivity index (χ1n) is 6.46. The van der Waals surface area contributed by atoms with Crippen LogP contribution in [0.4, 0.5) is 0 Å². The summed E-state index contributed by atoms with van der Waals surface area (Å²) in [6, 6.07) is 5.28. The standard InChI is InChI=1S/C15H19NO5/c1-20-12-6-7-13(21-2)11(10-12)5-8-14(17)16-9-3-4-15(18)19/h5-8,10H,3-4,9H2,1-2H3,(H,16,17)(H,18,19). The van der Waals surface area contributed by atoms with Gasteiger partial charge in [-0.2, -0.15) is 0 Å². The predicted octanol–water partition coefficient (Wildman–Crippen LogP) is 1.70. The number of carbonyl (C=O) groups excluding carboxylic acids is 1. The Morgan fingerprint density at radius 3 is 2.67 bits per heavy atom. The lowest BCUT2D eigenvalue weighted by molar-refractivity contribution is -0.137. The Hall–Kier alpha value is -2.50. The highest BCUT2D eigenvalue weighted by Gasteiger charge is 2.03. The van der Waals surface area contributed by atoms with E-state index in [9.17, 15) is 9.59 Å². The fourth-order valence-corrected chi connectivity index (χ4v) is 1.65. The van der Waals surface area contributed by atoms with E-state index in [0.717, 1.165) is 5.56 Å². The Kier molecular flexibility index (Phi) is 6.80. The minimum Gasteiger partial charge on any atom is -0.497 e. The van der Waals surface area contributed by atoms with Gasteiger partial charge in [-0.25, -0.2) is 0 Å². The molecule has 0 aliphatic carbocycles. The summed E-state index contributed by atoms with van der Waals surface area (Å²) in [4.78, 5) is 21.9. The number of carbonyl (C=O) groups is 2. The topological polar surface area (TPSA) is 84.9 Å². The third-order valence-corrected chi connectivity index (χ3v) is 2.72. The van der Waals surface area contributed by atoms with Crippen LogP contribution in [0.5, 0.6) is 11.5 Å². The van der Waals surface area contributed by atoms with E-state index in [1.807, 2.05) is 0 Å². The van der Waals surface area contributed by atoms with Crippen LogP contribution in [0.1, 0.15) is 18.4 Å². The first-order chi connectivity index (χ1) is 10.1. The Balaban J connectivity index is 2.58. The van der Waals surface area contributed by atoms with Crippen LogP contribution >= 0.6 is 0 Å². The highest BCUT2D eigenvalue weighted by Crippen LogP contribution is 2.24. The summed E-state index contributed by atoms with van der Waals surface area (Å²) in [6.45, 7) is 0.324. The average Bonchev–Trinajstić information content (AvgIpc) is 2.48. The van der Waals surface area contributed by atoms with Crippen LogP contribution in [0.15, 0.2) is 24.3 Å². The van der Waals surface area contributed by atoms with Gasteiger partial charge in [0.1, 0.15) is 11.5 Å². The molecule has 1 aromatic carbocycles. The number of ether oxygens (including phenoxy) is 2. The molecule has 0 saturated heterocycles. The fourth-order valence-electron chi connectivity index (χ4n) is 1.65. The monoisotopic (exact) mass is 293 g/mol. The number of carboxylic acids is 1. The molecule has 1 amide bonds. The Morgan fingerprint density at radius 2 is 2.05 bits per heavy atom. The Morgan fingerprint density at radius 1 is 1.29 bits per heavy atom. The van der Waals surface area contributed by atoms with Crippen molar-refractivity contribution in [2.24, 2.45) is 0 Å². The third kappa shape index (κ3) is 5.99. The van der Waals surface area contributed by atoms with Crippen molar-refractivity contribution in [3.8, 4) is 11.5 Å². The van der Waals surface area contributed by atoms with Crippen molar-refractivity contribution < 1.29 is 24.2 Å². The van der Waals surface area contributed by atoms with E-state index in [2.05, 4.69) is 5.32 Å². The van der Waals surface area contributed by atoms with Gasteiger partial charge in [0, 0.05) is 24.6 Å². The maximum Gasteiger partial charge on any atom is 0.303 e. The maximum absolute atomic E-state index is 11.6. The van der Waals surface area contributed by atoms with Crippen molar-refractivity contribution in [1.82, 2.24) is 5.32 Å².